The largest absolute Gasteiger partial charge is 0.497 e. The molecular formula is C13H12ClFN2O3. The van der Waals surface area contributed by atoms with E-state index < -0.39 is 17.1 Å². The van der Waals surface area contributed by atoms with Crippen molar-refractivity contribution < 1.29 is 9.13 Å². The minimum Gasteiger partial charge on any atom is -0.497 e. The minimum absolute atomic E-state index is 0.0259. The Labute approximate surface area is 118 Å². The third-order valence-electron chi connectivity index (χ3n) is 2.89. The molecule has 0 unspecified atom stereocenters. The van der Waals surface area contributed by atoms with Crippen LogP contribution in [0.2, 0.25) is 5.15 Å². The molecule has 0 spiro atoms. The van der Waals surface area contributed by atoms with Crippen LogP contribution in [0.4, 0.5) is 4.39 Å². The lowest BCUT2D eigenvalue weighted by Gasteiger charge is -2.10. The van der Waals surface area contributed by atoms with E-state index >= 15 is 0 Å². The van der Waals surface area contributed by atoms with Crippen LogP contribution >= 0.6 is 11.6 Å². The molecule has 2 rings (SSSR count). The summed E-state index contributed by atoms with van der Waals surface area (Å²) in [7, 11) is 1.41. The number of ether oxygens (including phenoxy) is 1. The summed E-state index contributed by atoms with van der Waals surface area (Å²) >= 11 is 5.81. The maximum Gasteiger partial charge on any atom is 0.334 e. The van der Waals surface area contributed by atoms with Gasteiger partial charge in [-0.3, -0.25) is 9.78 Å². The Morgan fingerprint density at radius 1 is 1.40 bits per heavy atom. The highest BCUT2D eigenvalue weighted by molar-refractivity contribution is 6.30. The molecule has 0 saturated carbocycles. The summed E-state index contributed by atoms with van der Waals surface area (Å²) in [5.74, 6) is -0.372. The number of benzene rings is 1. The van der Waals surface area contributed by atoms with Gasteiger partial charge in [-0.05, 0) is 18.6 Å². The Kier molecular flexibility index (Phi) is 3.94. The van der Waals surface area contributed by atoms with Gasteiger partial charge in [0.2, 0.25) is 0 Å². The highest BCUT2D eigenvalue weighted by Gasteiger charge is 2.16. The Balaban J connectivity index is 2.83. The van der Waals surface area contributed by atoms with Crippen LogP contribution < -0.4 is 16.0 Å². The molecule has 2 aromatic rings. The van der Waals surface area contributed by atoms with E-state index in [-0.39, 0.29) is 16.4 Å². The van der Waals surface area contributed by atoms with E-state index in [2.05, 4.69) is 4.98 Å². The molecule has 106 valence electrons. The smallest absolute Gasteiger partial charge is 0.334 e. The summed E-state index contributed by atoms with van der Waals surface area (Å²) in [4.78, 5) is 26.5. The second kappa shape index (κ2) is 5.50. The predicted molar refractivity (Wildman–Crippen MR) is 73.6 cm³/mol. The number of hydrogen-bond acceptors (Lipinski definition) is 3. The van der Waals surface area contributed by atoms with Crippen LogP contribution in [-0.4, -0.2) is 16.7 Å². The van der Waals surface area contributed by atoms with E-state index in [0.717, 1.165) is 6.07 Å². The molecule has 0 radical (unpaired) electrons. The molecule has 1 aromatic carbocycles. The quantitative estimate of drug-likeness (QED) is 0.880. The molecule has 0 amide bonds. The third-order valence-corrected chi connectivity index (χ3v) is 3.22. The van der Waals surface area contributed by atoms with Crippen molar-refractivity contribution in [3.05, 3.63) is 55.6 Å². The van der Waals surface area contributed by atoms with Crippen molar-refractivity contribution in [1.82, 2.24) is 9.55 Å². The summed E-state index contributed by atoms with van der Waals surface area (Å²) in [5, 5.41) is -0.0259. The third kappa shape index (κ3) is 2.34. The lowest BCUT2D eigenvalue weighted by Crippen LogP contribution is -2.36. The second-order valence-corrected chi connectivity index (χ2v) is 4.41. The van der Waals surface area contributed by atoms with Crippen molar-refractivity contribution >= 4 is 11.6 Å². The summed E-state index contributed by atoms with van der Waals surface area (Å²) in [6, 6.07) is 3.80. The van der Waals surface area contributed by atoms with Crippen LogP contribution in [-0.2, 0) is 6.42 Å². The van der Waals surface area contributed by atoms with Gasteiger partial charge >= 0.3 is 5.69 Å². The van der Waals surface area contributed by atoms with Crippen molar-refractivity contribution in [2.75, 3.05) is 7.11 Å². The fourth-order valence-corrected chi connectivity index (χ4v) is 2.16. The van der Waals surface area contributed by atoms with Crippen molar-refractivity contribution in [3.8, 4) is 11.4 Å². The van der Waals surface area contributed by atoms with E-state index in [1.165, 1.54) is 19.2 Å². The van der Waals surface area contributed by atoms with Gasteiger partial charge in [0.15, 0.2) is 0 Å². The van der Waals surface area contributed by atoms with E-state index in [1.807, 2.05) is 0 Å². The van der Waals surface area contributed by atoms with Crippen LogP contribution in [0.3, 0.4) is 0 Å². The average molecular weight is 299 g/mol. The summed E-state index contributed by atoms with van der Waals surface area (Å²) in [6.07, 6.45) is 0.319. The van der Waals surface area contributed by atoms with Gasteiger partial charge in [-0.1, -0.05) is 18.5 Å². The van der Waals surface area contributed by atoms with Gasteiger partial charge in [0, 0.05) is 6.07 Å². The molecule has 5 nitrogen and oxygen atoms in total. The number of H-pyrrole nitrogens is 1. The lowest BCUT2D eigenvalue weighted by molar-refractivity contribution is 0.413. The molecule has 7 heteroatoms. The molecular weight excluding hydrogens is 287 g/mol. The molecule has 1 heterocycles. The van der Waals surface area contributed by atoms with Crippen LogP contribution in [0.1, 0.15) is 12.5 Å². The lowest BCUT2D eigenvalue weighted by atomic mass is 10.2. The highest BCUT2D eigenvalue weighted by atomic mass is 35.5. The molecule has 0 aliphatic heterocycles. The zero-order valence-electron chi connectivity index (χ0n) is 10.9. The molecule has 0 atom stereocenters. The molecule has 0 saturated heterocycles. The Bertz CT molecular complexity index is 767. The van der Waals surface area contributed by atoms with Gasteiger partial charge < -0.3 is 4.74 Å². The van der Waals surface area contributed by atoms with E-state index in [4.69, 9.17) is 16.3 Å². The van der Waals surface area contributed by atoms with Gasteiger partial charge in [-0.2, -0.15) is 0 Å². The number of aromatic nitrogens is 2. The van der Waals surface area contributed by atoms with Gasteiger partial charge in [-0.15, -0.1) is 0 Å². The van der Waals surface area contributed by atoms with Crippen LogP contribution in [0.15, 0.2) is 27.8 Å². The normalized spacial score (nSPS) is 10.6. The first-order valence-corrected chi connectivity index (χ1v) is 6.25. The molecule has 20 heavy (non-hydrogen) atoms. The van der Waals surface area contributed by atoms with Crippen molar-refractivity contribution in [3.63, 3.8) is 0 Å². The molecule has 1 N–H and O–H groups in total. The zero-order chi connectivity index (χ0) is 14.9. The molecule has 0 aliphatic rings. The van der Waals surface area contributed by atoms with Crippen LogP contribution in [0, 0.1) is 5.82 Å². The van der Waals surface area contributed by atoms with Crippen molar-refractivity contribution in [2.24, 2.45) is 0 Å². The summed E-state index contributed by atoms with van der Waals surface area (Å²) in [5.41, 5.74) is -1.41. The topological polar surface area (TPSA) is 64.1 Å². The average Bonchev–Trinajstić information content (AvgIpc) is 2.40. The van der Waals surface area contributed by atoms with Gasteiger partial charge in [0.05, 0.1) is 18.4 Å². The first-order valence-electron chi connectivity index (χ1n) is 5.87. The Morgan fingerprint density at radius 2 is 2.10 bits per heavy atom. The number of nitrogens with one attached hydrogen (secondary N) is 1. The summed E-state index contributed by atoms with van der Waals surface area (Å²) in [6.45, 7) is 1.72. The zero-order valence-corrected chi connectivity index (χ0v) is 11.6. The predicted octanol–water partition coefficient (Wildman–Crippen LogP) is 1.89. The fraction of sp³-hybridized carbons (Fsp3) is 0.231. The molecule has 0 bridgehead atoms. The minimum atomic E-state index is -0.802. The van der Waals surface area contributed by atoms with Crippen LogP contribution in [0.5, 0.6) is 5.75 Å². The molecule has 1 aromatic heterocycles. The van der Waals surface area contributed by atoms with Gasteiger partial charge in [0.1, 0.15) is 16.7 Å². The maximum absolute atomic E-state index is 13.9. The first-order chi connectivity index (χ1) is 9.49. The molecule has 0 fully saturated rings. The van der Waals surface area contributed by atoms with Crippen LogP contribution in [0.25, 0.3) is 5.69 Å². The monoisotopic (exact) mass is 298 g/mol. The SMILES string of the molecule is CCc1c(Cl)[nH]c(=O)n(-c2cc(OC)ccc2F)c1=O. The van der Waals surface area contributed by atoms with Gasteiger partial charge in [-0.25, -0.2) is 13.8 Å². The second-order valence-electron chi connectivity index (χ2n) is 4.03. The fourth-order valence-electron chi connectivity index (χ4n) is 1.86. The number of rotatable bonds is 3. The van der Waals surface area contributed by atoms with Gasteiger partial charge in [0.25, 0.3) is 5.56 Å². The molecule has 0 aliphatic carbocycles. The maximum atomic E-state index is 13.9. The number of methoxy groups -OCH3 is 1. The summed E-state index contributed by atoms with van der Waals surface area (Å²) < 4.78 is 19.6. The standard InChI is InChI=1S/C13H12ClFN2O3/c1-3-8-11(14)16-13(19)17(12(8)18)10-6-7(20-2)4-5-9(10)15/h4-6H,3H2,1-2H3,(H,16,19). The van der Waals surface area contributed by atoms with E-state index in [9.17, 15) is 14.0 Å². The van der Waals surface area contributed by atoms with Crippen molar-refractivity contribution in [2.45, 2.75) is 13.3 Å². The highest BCUT2D eigenvalue weighted by Crippen LogP contribution is 2.18. The van der Waals surface area contributed by atoms with E-state index in [1.54, 1.807) is 6.92 Å². The van der Waals surface area contributed by atoms with Crippen molar-refractivity contribution in [1.29, 1.82) is 0 Å². The number of halogens is 2. The first kappa shape index (κ1) is 14.3. The number of nitrogens with zero attached hydrogens (tertiary/aromatic N) is 1. The van der Waals surface area contributed by atoms with E-state index in [0.29, 0.717) is 16.7 Å². The Morgan fingerprint density at radius 3 is 2.70 bits per heavy atom. The number of aromatic amines is 1. The Hall–Kier alpha value is -2.08. The number of hydrogen-bond donors (Lipinski definition) is 1.